The number of hydrogen-bond acceptors (Lipinski definition) is 7. The molecule has 13 heteroatoms. The fourth-order valence-electron chi connectivity index (χ4n) is 4.73. The quantitative estimate of drug-likeness (QED) is 0.267. The van der Waals surface area contributed by atoms with E-state index in [9.17, 15) is 9.59 Å². The van der Waals surface area contributed by atoms with Gasteiger partial charge < -0.3 is 14.0 Å². The monoisotopic (exact) mass is 622 g/mol. The van der Waals surface area contributed by atoms with Gasteiger partial charge in [0.25, 0.3) is 0 Å². The molecule has 41 heavy (non-hydrogen) atoms. The summed E-state index contributed by atoms with van der Waals surface area (Å²) in [4.78, 5) is 30.1. The molecule has 0 N–H and O–H groups in total. The Labute approximate surface area is 250 Å². The molecule has 1 atom stereocenters. The van der Waals surface area contributed by atoms with Crippen LogP contribution >= 0.6 is 34.8 Å². The van der Waals surface area contributed by atoms with Crippen LogP contribution in [0.4, 0.5) is 25.5 Å². The fraction of sp³-hybridized carbons (Fsp3) is 0.321. The number of halogens is 4. The summed E-state index contributed by atoms with van der Waals surface area (Å²) >= 11 is 17.0. The summed E-state index contributed by atoms with van der Waals surface area (Å²) in [5, 5.41) is 3.75. The Hall–Kier alpha value is -3.31. The molecule has 0 unspecified atom stereocenters. The van der Waals surface area contributed by atoms with Gasteiger partial charge in [0.05, 0.1) is 18.8 Å². The summed E-state index contributed by atoms with van der Waals surface area (Å²) in [5.74, 6) is -0.312. The van der Waals surface area contributed by atoms with Crippen molar-refractivity contribution >= 4 is 64.1 Å². The largest absolute Gasteiger partial charge is 0.445 e. The number of hydrogen-bond donors (Lipinski definition) is 0. The molecule has 1 fully saturated rings. The van der Waals surface area contributed by atoms with Crippen molar-refractivity contribution in [3.05, 3.63) is 83.9 Å². The molecule has 2 amide bonds. The number of cyclic esters (lactones) is 1. The number of carbonyl (C=O) groups is 2. The van der Waals surface area contributed by atoms with Crippen LogP contribution in [0, 0.1) is 5.82 Å². The van der Waals surface area contributed by atoms with E-state index >= 15 is 4.39 Å². The number of amides is 2. The van der Waals surface area contributed by atoms with Crippen LogP contribution in [-0.2, 0) is 16.0 Å². The van der Waals surface area contributed by atoms with Gasteiger partial charge in [0.2, 0.25) is 3.79 Å². The maximum absolute atomic E-state index is 15.3. The van der Waals surface area contributed by atoms with Crippen molar-refractivity contribution in [3.8, 4) is 0 Å². The number of ether oxygens (including phenoxy) is 2. The Kier molecular flexibility index (Phi) is 9.03. The number of rotatable bonds is 8. The molecule has 3 aromatic rings. The Bertz CT molecular complexity index is 1400. The van der Waals surface area contributed by atoms with Crippen molar-refractivity contribution in [2.24, 2.45) is 0 Å². The highest BCUT2D eigenvalue weighted by molar-refractivity contribution is 6.67. The van der Waals surface area contributed by atoms with Crippen molar-refractivity contribution < 1.29 is 28.0 Å². The van der Waals surface area contributed by atoms with Gasteiger partial charge in [-0.15, -0.1) is 0 Å². The van der Waals surface area contributed by atoms with Crippen LogP contribution < -0.4 is 9.80 Å². The lowest BCUT2D eigenvalue weighted by molar-refractivity contribution is 0.133. The van der Waals surface area contributed by atoms with Gasteiger partial charge in [0, 0.05) is 31.3 Å². The third-order valence-corrected chi connectivity index (χ3v) is 7.02. The topological polar surface area (TPSA) is 88.3 Å². The Balaban J connectivity index is 1.22. The first-order chi connectivity index (χ1) is 19.7. The number of alkyl halides is 3. The first-order valence-corrected chi connectivity index (χ1v) is 13.9. The zero-order chi connectivity index (χ0) is 29.0. The summed E-state index contributed by atoms with van der Waals surface area (Å²) in [6.45, 7) is 1.80. The van der Waals surface area contributed by atoms with Gasteiger partial charge in [0.15, 0.2) is 5.82 Å². The zero-order valence-electron chi connectivity index (χ0n) is 21.7. The third-order valence-electron chi connectivity index (χ3n) is 6.69. The van der Waals surface area contributed by atoms with Crippen molar-refractivity contribution in [1.29, 1.82) is 0 Å². The van der Waals surface area contributed by atoms with Crippen molar-refractivity contribution in [3.63, 3.8) is 0 Å². The van der Waals surface area contributed by atoms with Gasteiger partial charge in [-0.2, -0.15) is 0 Å². The van der Waals surface area contributed by atoms with Crippen LogP contribution in [-0.4, -0.2) is 64.9 Å². The second kappa shape index (κ2) is 12.7. The number of anilines is 2. The maximum Gasteiger partial charge on any atom is 0.415 e. The molecule has 1 aromatic heterocycles. The predicted molar refractivity (Wildman–Crippen MR) is 154 cm³/mol. The predicted octanol–water partition coefficient (Wildman–Crippen LogP) is 6.44. The average molecular weight is 624 g/mol. The summed E-state index contributed by atoms with van der Waals surface area (Å²) in [6.07, 6.45) is 1.70. The van der Waals surface area contributed by atoms with Crippen LogP contribution in [0.1, 0.15) is 17.5 Å². The molecule has 5 rings (SSSR count). The minimum absolute atomic E-state index is 0.0564. The maximum atomic E-state index is 15.3. The van der Waals surface area contributed by atoms with E-state index in [0.29, 0.717) is 17.7 Å². The number of carbonyl (C=O) groups excluding carboxylic acids is 2. The van der Waals surface area contributed by atoms with Crippen LogP contribution in [0.3, 0.4) is 0 Å². The van der Waals surface area contributed by atoms with E-state index in [4.69, 9.17) is 48.8 Å². The molecule has 0 bridgehead atoms. The summed E-state index contributed by atoms with van der Waals surface area (Å²) in [6, 6.07) is 16.3. The highest BCUT2D eigenvalue weighted by Gasteiger charge is 2.37. The van der Waals surface area contributed by atoms with E-state index in [2.05, 4.69) is 22.2 Å². The Morgan fingerprint density at radius 1 is 1.17 bits per heavy atom. The Morgan fingerprint density at radius 2 is 1.98 bits per heavy atom. The Morgan fingerprint density at radius 3 is 2.63 bits per heavy atom. The lowest BCUT2D eigenvalue weighted by Crippen LogP contribution is -2.40. The molecule has 2 aromatic carbocycles. The molecule has 0 radical (unpaired) electrons. The molecular weight excluding hydrogens is 598 g/mol. The molecule has 3 heterocycles. The van der Waals surface area contributed by atoms with Gasteiger partial charge in [-0.05, 0) is 35.8 Å². The molecule has 9 nitrogen and oxygen atoms in total. The minimum Gasteiger partial charge on any atom is -0.445 e. The molecule has 0 saturated carbocycles. The van der Waals surface area contributed by atoms with E-state index in [0.717, 1.165) is 30.1 Å². The van der Waals surface area contributed by atoms with E-state index in [1.165, 1.54) is 28.9 Å². The lowest BCUT2D eigenvalue weighted by atomic mass is 9.98. The SMILES string of the molecule is O=C1O[C@@H](CN(C(=O)OCC(Cl)(Cl)Cl)c2ccon2)CN1c1ccc(C2=CCN(Cc3ccccc3)CC2)c(F)c1. The smallest absolute Gasteiger partial charge is 0.415 e. The van der Waals surface area contributed by atoms with Gasteiger partial charge in [-0.1, -0.05) is 76.4 Å². The number of nitrogens with zero attached hydrogens (tertiary/aromatic N) is 4. The fourth-order valence-corrected chi connectivity index (χ4v) is 4.90. The molecule has 2 aliphatic heterocycles. The van der Waals surface area contributed by atoms with Gasteiger partial charge in [-0.25, -0.2) is 14.0 Å². The van der Waals surface area contributed by atoms with Crippen molar-refractivity contribution in [2.45, 2.75) is 22.9 Å². The van der Waals surface area contributed by atoms with Crippen LogP contribution in [0.5, 0.6) is 0 Å². The molecular formula is C28H26Cl3FN4O5. The molecule has 0 spiro atoms. The normalized spacial score (nSPS) is 17.8. The second-order valence-electron chi connectivity index (χ2n) is 9.62. The first kappa shape index (κ1) is 29.2. The first-order valence-electron chi connectivity index (χ1n) is 12.8. The molecule has 1 saturated heterocycles. The number of benzene rings is 2. The standard InChI is InChI=1S/C28H26Cl3FN4O5/c29-28(30,31)18-39-26(37)36(25-10-13-40-33-25)17-22-16-35(27(38)41-22)21-6-7-23(24(32)14-21)20-8-11-34(12-9-20)15-19-4-2-1-3-5-19/h1-8,10,13-14,22H,9,11-12,15-18H2/t22-/m1/s1. The number of aromatic nitrogens is 1. The third kappa shape index (κ3) is 7.51. The summed E-state index contributed by atoms with van der Waals surface area (Å²) in [5.41, 5.74) is 3.01. The van der Waals surface area contributed by atoms with Gasteiger partial charge in [0.1, 0.15) is 24.8 Å². The van der Waals surface area contributed by atoms with E-state index in [1.54, 1.807) is 12.1 Å². The van der Waals surface area contributed by atoms with Crippen LogP contribution in [0.25, 0.3) is 5.57 Å². The van der Waals surface area contributed by atoms with E-state index < -0.39 is 34.5 Å². The van der Waals surface area contributed by atoms with Crippen LogP contribution in [0.15, 0.2) is 71.5 Å². The van der Waals surface area contributed by atoms with Gasteiger partial charge in [-0.3, -0.25) is 14.7 Å². The zero-order valence-corrected chi connectivity index (χ0v) is 24.0. The van der Waals surface area contributed by atoms with E-state index in [1.807, 2.05) is 24.3 Å². The molecule has 2 aliphatic rings. The highest BCUT2D eigenvalue weighted by Crippen LogP contribution is 2.31. The average Bonchev–Trinajstić information content (AvgIpc) is 3.61. The second-order valence-corrected chi connectivity index (χ2v) is 12.1. The minimum atomic E-state index is -1.81. The lowest BCUT2D eigenvalue weighted by Gasteiger charge is -2.27. The van der Waals surface area contributed by atoms with Crippen molar-refractivity contribution in [2.75, 3.05) is 42.6 Å². The van der Waals surface area contributed by atoms with Crippen LogP contribution in [0.2, 0.25) is 0 Å². The summed E-state index contributed by atoms with van der Waals surface area (Å²) < 4.78 is 28.8. The highest BCUT2D eigenvalue weighted by atomic mass is 35.6. The van der Waals surface area contributed by atoms with E-state index in [-0.39, 0.29) is 18.9 Å². The molecule has 0 aliphatic carbocycles. The summed E-state index contributed by atoms with van der Waals surface area (Å²) in [7, 11) is 0. The molecule has 216 valence electrons. The van der Waals surface area contributed by atoms with Gasteiger partial charge >= 0.3 is 12.2 Å². The van der Waals surface area contributed by atoms with Crippen molar-refractivity contribution in [1.82, 2.24) is 10.1 Å².